The lowest BCUT2D eigenvalue weighted by atomic mass is 9.91. The van der Waals surface area contributed by atoms with Gasteiger partial charge in [0.15, 0.2) is 0 Å². The minimum absolute atomic E-state index is 0.385. The molecule has 1 unspecified atom stereocenters. The third kappa shape index (κ3) is 4.38. The molecule has 0 fully saturated rings. The standard InChI is InChI=1S/C9H21NO/c1-4-9(11,7-10)6-5-8(2)3/h8,11H,4-7,10H2,1-3H3. The Kier molecular flexibility index (Phi) is 4.69. The van der Waals surface area contributed by atoms with Crippen molar-refractivity contribution in [2.45, 2.75) is 45.6 Å². The molecular weight excluding hydrogens is 138 g/mol. The molecule has 1 atom stereocenters. The smallest absolute Gasteiger partial charge is 0.0766 e. The lowest BCUT2D eigenvalue weighted by Gasteiger charge is -2.25. The van der Waals surface area contributed by atoms with Gasteiger partial charge in [-0.05, 0) is 25.2 Å². The van der Waals surface area contributed by atoms with Gasteiger partial charge in [0.05, 0.1) is 5.60 Å². The van der Waals surface area contributed by atoms with Crippen LogP contribution >= 0.6 is 0 Å². The van der Waals surface area contributed by atoms with E-state index in [9.17, 15) is 5.11 Å². The van der Waals surface area contributed by atoms with Gasteiger partial charge in [0.1, 0.15) is 0 Å². The third-order valence-corrected chi connectivity index (χ3v) is 2.23. The lowest BCUT2D eigenvalue weighted by molar-refractivity contribution is 0.0312. The molecule has 3 N–H and O–H groups in total. The van der Waals surface area contributed by atoms with Crippen molar-refractivity contribution < 1.29 is 5.11 Å². The maximum absolute atomic E-state index is 9.75. The van der Waals surface area contributed by atoms with Crippen LogP contribution in [-0.4, -0.2) is 17.3 Å². The van der Waals surface area contributed by atoms with Crippen LogP contribution < -0.4 is 5.73 Å². The van der Waals surface area contributed by atoms with Gasteiger partial charge in [-0.3, -0.25) is 0 Å². The van der Waals surface area contributed by atoms with Crippen LogP contribution in [0.25, 0.3) is 0 Å². The third-order valence-electron chi connectivity index (χ3n) is 2.23. The average molecular weight is 159 g/mol. The van der Waals surface area contributed by atoms with Gasteiger partial charge in [0.25, 0.3) is 0 Å². The highest BCUT2D eigenvalue weighted by Crippen LogP contribution is 2.18. The zero-order valence-electron chi connectivity index (χ0n) is 7.93. The maximum atomic E-state index is 9.75. The van der Waals surface area contributed by atoms with Crippen LogP contribution in [0.5, 0.6) is 0 Å². The van der Waals surface area contributed by atoms with Crippen molar-refractivity contribution in [3.63, 3.8) is 0 Å². The summed E-state index contributed by atoms with van der Waals surface area (Å²) in [5.74, 6) is 0.652. The zero-order chi connectivity index (χ0) is 8.91. The highest BCUT2D eigenvalue weighted by Gasteiger charge is 2.21. The molecule has 0 bridgehead atoms. The fraction of sp³-hybridized carbons (Fsp3) is 1.00. The molecule has 0 aromatic rings. The maximum Gasteiger partial charge on any atom is 0.0766 e. The molecule has 68 valence electrons. The fourth-order valence-corrected chi connectivity index (χ4v) is 0.981. The van der Waals surface area contributed by atoms with Crippen molar-refractivity contribution in [3.8, 4) is 0 Å². The first-order valence-electron chi connectivity index (χ1n) is 4.46. The van der Waals surface area contributed by atoms with Crippen molar-refractivity contribution in [3.05, 3.63) is 0 Å². The van der Waals surface area contributed by atoms with E-state index >= 15 is 0 Å². The molecular formula is C9H21NO. The molecule has 0 rings (SSSR count). The summed E-state index contributed by atoms with van der Waals surface area (Å²) in [6.07, 6.45) is 2.65. The monoisotopic (exact) mass is 159 g/mol. The Hall–Kier alpha value is -0.0800. The molecule has 2 heteroatoms. The molecule has 0 aromatic heterocycles. The summed E-state index contributed by atoms with van der Waals surface area (Å²) in [4.78, 5) is 0. The van der Waals surface area contributed by atoms with Gasteiger partial charge in [0, 0.05) is 6.54 Å². The molecule has 0 spiro atoms. The van der Waals surface area contributed by atoms with Crippen molar-refractivity contribution >= 4 is 0 Å². The van der Waals surface area contributed by atoms with E-state index in [1.807, 2.05) is 6.92 Å². The van der Waals surface area contributed by atoms with E-state index < -0.39 is 5.60 Å². The van der Waals surface area contributed by atoms with Gasteiger partial charge >= 0.3 is 0 Å². The molecule has 2 nitrogen and oxygen atoms in total. The number of rotatable bonds is 5. The molecule has 0 radical (unpaired) electrons. The summed E-state index contributed by atoms with van der Waals surface area (Å²) in [5, 5.41) is 9.75. The number of hydrogen-bond donors (Lipinski definition) is 2. The van der Waals surface area contributed by atoms with E-state index in [0.29, 0.717) is 12.5 Å². The summed E-state index contributed by atoms with van der Waals surface area (Å²) in [5.41, 5.74) is 4.85. The Morgan fingerprint density at radius 1 is 1.45 bits per heavy atom. The van der Waals surface area contributed by atoms with E-state index in [-0.39, 0.29) is 0 Å². The van der Waals surface area contributed by atoms with Crippen molar-refractivity contribution in [1.82, 2.24) is 0 Å². The molecule has 0 heterocycles. The number of nitrogens with two attached hydrogens (primary N) is 1. The van der Waals surface area contributed by atoms with E-state index in [2.05, 4.69) is 13.8 Å². The van der Waals surface area contributed by atoms with Crippen LogP contribution in [0.1, 0.15) is 40.0 Å². The quantitative estimate of drug-likeness (QED) is 0.639. The average Bonchev–Trinajstić information content (AvgIpc) is 2.00. The zero-order valence-corrected chi connectivity index (χ0v) is 7.93. The van der Waals surface area contributed by atoms with Gasteiger partial charge in [0.2, 0.25) is 0 Å². The Morgan fingerprint density at radius 3 is 2.27 bits per heavy atom. The Bertz CT molecular complexity index is 97.7. The summed E-state index contributed by atoms with van der Waals surface area (Å²) >= 11 is 0. The Labute approximate surface area is 69.8 Å². The van der Waals surface area contributed by atoms with Crippen molar-refractivity contribution in [2.24, 2.45) is 11.7 Å². The summed E-state index contributed by atoms with van der Waals surface area (Å²) < 4.78 is 0. The van der Waals surface area contributed by atoms with Gasteiger partial charge < -0.3 is 10.8 Å². The largest absolute Gasteiger partial charge is 0.389 e. The molecule has 0 aliphatic heterocycles. The minimum atomic E-state index is -0.607. The van der Waals surface area contributed by atoms with Gasteiger partial charge in [-0.2, -0.15) is 0 Å². The van der Waals surface area contributed by atoms with Crippen molar-refractivity contribution in [2.75, 3.05) is 6.54 Å². The normalized spacial score (nSPS) is 16.9. The second-order valence-corrected chi connectivity index (χ2v) is 3.71. The summed E-state index contributed by atoms with van der Waals surface area (Å²) in [6.45, 7) is 6.68. The second kappa shape index (κ2) is 4.73. The predicted molar refractivity (Wildman–Crippen MR) is 48.4 cm³/mol. The molecule has 0 aromatic carbocycles. The molecule has 0 aliphatic carbocycles. The molecule has 0 aliphatic rings. The van der Waals surface area contributed by atoms with Crippen LogP contribution in [0.3, 0.4) is 0 Å². The lowest BCUT2D eigenvalue weighted by Crippen LogP contribution is -2.37. The van der Waals surface area contributed by atoms with Crippen LogP contribution in [0.2, 0.25) is 0 Å². The number of hydrogen-bond acceptors (Lipinski definition) is 2. The van der Waals surface area contributed by atoms with Crippen molar-refractivity contribution in [1.29, 1.82) is 0 Å². The topological polar surface area (TPSA) is 46.2 Å². The van der Waals surface area contributed by atoms with E-state index in [1.165, 1.54) is 0 Å². The van der Waals surface area contributed by atoms with Crippen LogP contribution in [0.15, 0.2) is 0 Å². The first-order chi connectivity index (χ1) is 5.04. The second-order valence-electron chi connectivity index (χ2n) is 3.71. The van der Waals surface area contributed by atoms with Crippen LogP contribution in [0, 0.1) is 5.92 Å². The first-order valence-corrected chi connectivity index (χ1v) is 4.46. The summed E-state index contributed by atoms with van der Waals surface area (Å²) in [6, 6.07) is 0. The Balaban J connectivity index is 3.69. The van der Waals surface area contributed by atoms with E-state index in [0.717, 1.165) is 19.3 Å². The molecule has 0 amide bonds. The predicted octanol–water partition coefficient (Wildman–Crippen LogP) is 1.52. The van der Waals surface area contributed by atoms with Crippen LogP contribution in [0.4, 0.5) is 0 Å². The Morgan fingerprint density at radius 2 is 2.00 bits per heavy atom. The fourth-order valence-electron chi connectivity index (χ4n) is 0.981. The highest BCUT2D eigenvalue weighted by molar-refractivity contribution is 4.77. The van der Waals surface area contributed by atoms with Gasteiger partial charge in [-0.15, -0.1) is 0 Å². The molecule has 0 saturated carbocycles. The summed E-state index contributed by atoms with van der Waals surface area (Å²) in [7, 11) is 0. The minimum Gasteiger partial charge on any atom is -0.389 e. The molecule has 0 saturated heterocycles. The highest BCUT2D eigenvalue weighted by atomic mass is 16.3. The van der Waals surface area contributed by atoms with Gasteiger partial charge in [-0.1, -0.05) is 20.8 Å². The first kappa shape index (κ1) is 10.9. The van der Waals surface area contributed by atoms with E-state index in [4.69, 9.17) is 5.73 Å². The van der Waals surface area contributed by atoms with Crippen LogP contribution in [-0.2, 0) is 0 Å². The SMILES string of the molecule is CCC(O)(CN)CCC(C)C. The van der Waals surface area contributed by atoms with E-state index in [1.54, 1.807) is 0 Å². The molecule has 11 heavy (non-hydrogen) atoms. The van der Waals surface area contributed by atoms with Gasteiger partial charge in [-0.25, -0.2) is 0 Å². The number of aliphatic hydroxyl groups is 1.